The van der Waals surface area contributed by atoms with Crippen molar-refractivity contribution in [3.63, 3.8) is 0 Å². The Labute approximate surface area is 180 Å². The summed E-state index contributed by atoms with van der Waals surface area (Å²) >= 11 is 7.06. The molecule has 0 amide bonds. The second-order valence-corrected chi connectivity index (χ2v) is 8.73. The Morgan fingerprint density at radius 1 is 0.679 bits per heavy atom. The summed E-state index contributed by atoms with van der Waals surface area (Å²) in [5, 5.41) is 6.16. The zero-order chi connectivity index (χ0) is 19.1. The molecule has 1 N–H and O–H groups in total. The van der Waals surface area contributed by atoms with Crippen molar-refractivity contribution in [2.45, 2.75) is 12.3 Å². The molecular weight excluding hydrogens is 478 g/mol. The van der Waals surface area contributed by atoms with E-state index in [2.05, 4.69) is 110 Å². The molecule has 0 bridgehead atoms. The van der Waals surface area contributed by atoms with E-state index in [1.54, 1.807) is 0 Å². The van der Waals surface area contributed by atoms with Crippen LogP contribution in [0.5, 0.6) is 5.75 Å². The number of nitrogens with one attached hydrogen (secondary N) is 1. The van der Waals surface area contributed by atoms with Gasteiger partial charge in [-0.3, -0.25) is 5.32 Å². The highest BCUT2D eigenvalue weighted by atomic mass is 79.9. The molecule has 0 aromatic heterocycles. The van der Waals surface area contributed by atoms with Crippen LogP contribution in [0.25, 0.3) is 10.8 Å². The van der Waals surface area contributed by atoms with Crippen LogP contribution < -0.4 is 10.1 Å². The van der Waals surface area contributed by atoms with Crippen molar-refractivity contribution in [3.8, 4) is 5.75 Å². The quantitative estimate of drug-likeness (QED) is 0.320. The summed E-state index contributed by atoms with van der Waals surface area (Å²) in [6.45, 7) is 0. The van der Waals surface area contributed by atoms with Crippen LogP contribution in [0.3, 0.4) is 0 Å². The monoisotopic (exact) mass is 493 g/mol. The zero-order valence-corrected chi connectivity index (χ0v) is 18.1. The Morgan fingerprint density at radius 2 is 1.32 bits per heavy atom. The molecular formula is C24H17Br2NO. The average Bonchev–Trinajstić information content (AvgIpc) is 2.74. The van der Waals surface area contributed by atoms with Crippen LogP contribution in [0.1, 0.15) is 29.0 Å². The Balaban J connectivity index is 1.67. The van der Waals surface area contributed by atoms with Crippen LogP contribution >= 0.6 is 31.9 Å². The normalized spacial score (nSPS) is 18.5. The lowest BCUT2D eigenvalue weighted by Gasteiger charge is -2.35. The van der Waals surface area contributed by atoms with E-state index in [0.717, 1.165) is 20.3 Å². The van der Waals surface area contributed by atoms with E-state index in [-0.39, 0.29) is 12.3 Å². The van der Waals surface area contributed by atoms with Crippen molar-refractivity contribution in [1.82, 2.24) is 5.32 Å². The third-order valence-electron chi connectivity index (χ3n) is 5.16. The van der Waals surface area contributed by atoms with E-state index in [1.807, 2.05) is 12.1 Å². The van der Waals surface area contributed by atoms with Crippen molar-refractivity contribution < 1.29 is 4.74 Å². The molecule has 0 saturated carbocycles. The van der Waals surface area contributed by atoms with Gasteiger partial charge < -0.3 is 4.74 Å². The minimum absolute atomic E-state index is 0.0385. The lowest BCUT2D eigenvalue weighted by atomic mass is 9.91. The summed E-state index contributed by atoms with van der Waals surface area (Å²) in [5.41, 5.74) is 3.50. The van der Waals surface area contributed by atoms with E-state index in [1.165, 1.54) is 21.9 Å². The maximum absolute atomic E-state index is 6.41. The van der Waals surface area contributed by atoms with Gasteiger partial charge in [-0.1, -0.05) is 86.5 Å². The second-order valence-electron chi connectivity index (χ2n) is 6.90. The van der Waals surface area contributed by atoms with Crippen molar-refractivity contribution in [2.24, 2.45) is 0 Å². The molecule has 0 spiro atoms. The highest BCUT2D eigenvalue weighted by molar-refractivity contribution is 9.10. The number of halogens is 2. The first-order chi connectivity index (χ1) is 13.7. The number of hydrogen-bond acceptors (Lipinski definition) is 2. The average molecular weight is 495 g/mol. The van der Waals surface area contributed by atoms with Gasteiger partial charge in [-0.15, -0.1) is 0 Å². The SMILES string of the molecule is Brc1ccc([C@@H]2N[C@@H](c3ccc(Br)cc3)Oc3ccc4ccccc4c32)cc1. The molecule has 1 aliphatic rings. The molecule has 5 rings (SSSR count). The molecule has 4 aromatic carbocycles. The molecule has 2 atom stereocenters. The largest absolute Gasteiger partial charge is 0.471 e. The topological polar surface area (TPSA) is 21.3 Å². The van der Waals surface area contributed by atoms with Crippen LogP contribution in [0.2, 0.25) is 0 Å². The second kappa shape index (κ2) is 7.36. The van der Waals surface area contributed by atoms with Crippen LogP contribution in [-0.2, 0) is 0 Å². The lowest BCUT2D eigenvalue weighted by Crippen LogP contribution is -2.35. The van der Waals surface area contributed by atoms with Crippen molar-refractivity contribution in [2.75, 3.05) is 0 Å². The zero-order valence-electron chi connectivity index (χ0n) is 14.9. The minimum Gasteiger partial charge on any atom is -0.471 e. The van der Waals surface area contributed by atoms with Crippen LogP contribution in [-0.4, -0.2) is 0 Å². The van der Waals surface area contributed by atoms with Gasteiger partial charge in [0.15, 0.2) is 6.23 Å². The molecule has 0 fully saturated rings. The fourth-order valence-electron chi connectivity index (χ4n) is 3.79. The van der Waals surface area contributed by atoms with Gasteiger partial charge in [-0.25, -0.2) is 0 Å². The summed E-state index contributed by atoms with van der Waals surface area (Å²) in [6, 6.07) is 29.5. The van der Waals surface area contributed by atoms with Crippen molar-refractivity contribution in [1.29, 1.82) is 0 Å². The van der Waals surface area contributed by atoms with Gasteiger partial charge in [-0.2, -0.15) is 0 Å². The molecule has 0 radical (unpaired) electrons. The smallest absolute Gasteiger partial charge is 0.177 e. The Kier molecular flexibility index (Phi) is 4.71. The van der Waals surface area contributed by atoms with Crippen molar-refractivity contribution >= 4 is 42.6 Å². The number of fused-ring (bicyclic) bond motifs is 3. The summed E-state index contributed by atoms with van der Waals surface area (Å²) in [7, 11) is 0. The maximum atomic E-state index is 6.41. The highest BCUT2D eigenvalue weighted by Gasteiger charge is 2.31. The number of hydrogen-bond donors (Lipinski definition) is 1. The highest BCUT2D eigenvalue weighted by Crippen LogP contribution is 2.42. The third kappa shape index (κ3) is 3.26. The number of ether oxygens (including phenoxy) is 1. The molecule has 0 aliphatic carbocycles. The number of benzene rings is 4. The molecule has 1 heterocycles. The summed E-state index contributed by atoms with van der Waals surface area (Å²) in [4.78, 5) is 0. The first kappa shape index (κ1) is 17.9. The van der Waals surface area contributed by atoms with E-state index in [9.17, 15) is 0 Å². The Bertz CT molecular complexity index is 1140. The predicted octanol–water partition coefficient (Wildman–Crippen LogP) is 7.14. The molecule has 4 heteroatoms. The molecule has 2 nitrogen and oxygen atoms in total. The molecule has 28 heavy (non-hydrogen) atoms. The van der Waals surface area contributed by atoms with Gasteiger partial charge in [0.2, 0.25) is 0 Å². The van der Waals surface area contributed by atoms with Gasteiger partial charge >= 0.3 is 0 Å². The molecule has 4 aromatic rings. The van der Waals surface area contributed by atoms with Gasteiger partial charge in [0, 0.05) is 20.1 Å². The first-order valence-electron chi connectivity index (χ1n) is 9.14. The summed E-state index contributed by atoms with van der Waals surface area (Å²) < 4.78 is 8.54. The van der Waals surface area contributed by atoms with Gasteiger partial charge in [-0.05, 0) is 46.7 Å². The van der Waals surface area contributed by atoms with Gasteiger partial charge in [0.1, 0.15) is 5.75 Å². The maximum Gasteiger partial charge on any atom is 0.177 e. The summed E-state index contributed by atoms with van der Waals surface area (Å²) in [6.07, 6.45) is -0.213. The Morgan fingerprint density at radius 3 is 2.04 bits per heavy atom. The van der Waals surface area contributed by atoms with E-state index in [4.69, 9.17) is 4.74 Å². The van der Waals surface area contributed by atoms with Gasteiger partial charge in [0.05, 0.1) is 6.04 Å². The van der Waals surface area contributed by atoms with E-state index < -0.39 is 0 Å². The van der Waals surface area contributed by atoms with E-state index in [0.29, 0.717) is 0 Å². The van der Waals surface area contributed by atoms with Gasteiger partial charge in [0.25, 0.3) is 0 Å². The van der Waals surface area contributed by atoms with E-state index >= 15 is 0 Å². The molecule has 0 unspecified atom stereocenters. The fraction of sp³-hybridized carbons (Fsp3) is 0.0833. The number of rotatable bonds is 2. The van der Waals surface area contributed by atoms with Crippen LogP contribution in [0, 0.1) is 0 Å². The standard InChI is InChI=1S/C24H17Br2NO/c25-18-10-5-16(6-11-18)23-22-20-4-2-1-3-15(20)9-14-21(22)28-24(27-23)17-7-12-19(26)13-8-17/h1-14,23-24,27H/t23-,24+/m0/s1. The fourth-order valence-corrected chi connectivity index (χ4v) is 4.32. The third-order valence-corrected chi connectivity index (χ3v) is 6.22. The molecule has 138 valence electrons. The first-order valence-corrected chi connectivity index (χ1v) is 10.7. The molecule has 1 aliphatic heterocycles. The van der Waals surface area contributed by atoms with Crippen molar-refractivity contribution in [3.05, 3.63) is 111 Å². The minimum atomic E-state index is -0.213. The molecule has 0 saturated heterocycles. The summed E-state index contributed by atoms with van der Waals surface area (Å²) in [5.74, 6) is 0.929. The lowest BCUT2D eigenvalue weighted by molar-refractivity contribution is 0.134. The predicted molar refractivity (Wildman–Crippen MR) is 121 cm³/mol. The Hall–Kier alpha value is -2.14. The van der Waals surface area contributed by atoms with Crippen LogP contribution in [0.4, 0.5) is 0 Å². The van der Waals surface area contributed by atoms with Crippen LogP contribution in [0.15, 0.2) is 93.9 Å².